The van der Waals surface area contributed by atoms with Gasteiger partial charge in [-0.05, 0) is 35.6 Å². The van der Waals surface area contributed by atoms with Gasteiger partial charge in [0, 0.05) is 29.6 Å². The van der Waals surface area contributed by atoms with Crippen molar-refractivity contribution >= 4 is 46.3 Å². The highest BCUT2D eigenvalue weighted by atomic mass is 35.5. The van der Waals surface area contributed by atoms with Crippen molar-refractivity contribution in [1.29, 1.82) is 0 Å². The number of fused-ring (bicyclic) bond motifs is 1. The molecule has 3 heterocycles. The van der Waals surface area contributed by atoms with Crippen LogP contribution in [0.15, 0.2) is 34.7 Å². The number of hydrogen-bond donors (Lipinski definition) is 2. The number of nitrogens with zero attached hydrogens (tertiary/aromatic N) is 2. The molecule has 1 aliphatic heterocycles. The van der Waals surface area contributed by atoms with Crippen molar-refractivity contribution in [3.8, 4) is 10.6 Å². The van der Waals surface area contributed by atoms with E-state index in [1.165, 1.54) is 23.1 Å². The Labute approximate surface area is 172 Å². The van der Waals surface area contributed by atoms with Crippen LogP contribution in [0.3, 0.4) is 0 Å². The fraction of sp³-hybridized carbons (Fsp3) is 0.222. The number of rotatable bonds is 4. The summed E-state index contributed by atoms with van der Waals surface area (Å²) in [5, 5.41) is 8.46. The Kier molecular flexibility index (Phi) is 5.26. The molecule has 10 heteroatoms. The molecule has 0 atom stereocenters. The standard InChI is InChI=1S/C18H14ClF3N4S2/c1-27-11-4-15(28-8-11)16-12(18(20,21)22)7-24-17(26-16)25-14-3-10-6-23-5-9(10)2-13(14)19/h2-4,7-8,23H,5-6H2,1H3,(H,24,25,26). The predicted octanol–water partition coefficient (Wildman–Crippen LogP) is 5.95. The Morgan fingerprint density at radius 1 is 1.21 bits per heavy atom. The fourth-order valence-electron chi connectivity index (χ4n) is 2.92. The van der Waals surface area contributed by atoms with Crippen LogP contribution in [0.2, 0.25) is 5.02 Å². The third-order valence-electron chi connectivity index (χ3n) is 4.31. The van der Waals surface area contributed by atoms with Gasteiger partial charge in [0.2, 0.25) is 5.95 Å². The van der Waals surface area contributed by atoms with E-state index >= 15 is 0 Å². The van der Waals surface area contributed by atoms with E-state index < -0.39 is 11.7 Å². The van der Waals surface area contributed by atoms with Crippen LogP contribution in [0.5, 0.6) is 0 Å². The van der Waals surface area contributed by atoms with E-state index in [-0.39, 0.29) is 11.6 Å². The van der Waals surface area contributed by atoms with Crippen molar-refractivity contribution in [2.24, 2.45) is 0 Å². The summed E-state index contributed by atoms with van der Waals surface area (Å²) in [5.74, 6) is 0.0647. The summed E-state index contributed by atoms with van der Waals surface area (Å²) in [7, 11) is 0. The van der Waals surface area contributed by atoms with E-state index in [9.17, 15) is 13.2 Å². The van der Waals surface area contributed by atoms with Gasteiger partial charge in [0.05, 0.1) is 21.3 Å². The van der Waals surface area contributed by atoms with Crippen molar-refractivity contribution < 1.29 is 13.2 Å². The minimum Gasteiger partial charge on any atom is -0.323 e. The van der Waals surface area contributed by atoms with Gasteiger partial charge >= 0.3 is 6.18 Å². The molecule has 0 saturated heterocycles. The van der Waals surface area contributed by atoms with Crippen LogP contribution < -0.4 is 10.6 Å². The highest BCUT2D eigenvalue weighted by Gasteiger charge is 2.36. The van der Waals surface area contributed by atoms with Gasteiger partial charge in [-0.15, -0.1) is 23.1 Å². The summed E-state index contributed by atoms with van der Waals surface area (Å²) in [6.07, 6.45) is -1.87. The quantitative estimate of drug-likeness (QED) is 0.489. The molecule has 146 valence electrons. The SMILES string of the molecule is CSc1csc(-c2nc(Nc3cc4c(cc3Cl)CNC4)ncc2C(F)(F)F)c1. The van der Waals surface area contributed by atoms with Gasteiger partial charge < -0.3 is 10.6 Å². The fourth-order valence-corrected chi connectivity index (χ4v) is 4.77. The molecule has 0 radical (unpaired) electrons. The minimum absolute atomic E-state index is 0.0647. The monoisotopic (exact) mass is 442 g/mol. The Balaban J connectivity index is 1.74. The predicted molar refractivity (Wildman–Crippen MR) is 107 cm³/mol. The first-order valence-electron chi connectivity index (χ1n) is 8.21. The molecular weight excluding hydrogens is 429 g/mol. The van der Waals surface area contributed by atoms with Crippen molar-refractivity contribution in [2.75, 3.05) is 11.6 Å². The summed E-state index contributed by atoms with van der Waals surface area (Å²) in [6.45, 7) is 1.46. The average molecular weight is 443 g/mol. The normalized spacial score (nSPS) is 13.6. The molecule has 0 fully saturated rings. The highest BCUT2D eigenvalue weighted by molar-refractivity contribution is 7.98. The largest absolute Gasteiger partial charge is 0.420 e. The van der Waals surface area contributed by atoms with Crippen LogP contribution in [0.4, 0.5) is 24.8 Å². The zero-order valence-electron chi connectivity index (χ0n) is 14.5. The Bertz CT molecular complexity index is 1040. The lowest BCUT2D eigenvalue weighted by molar-refractivity contribution is -0.137. The van der Waals surface area contributed by atoms with Crippen LogP contribution in [0, 0.1) is 0 Å². The molecule has 4 nitrogen and oxygen atoms in total. The van der Waals surface area contributed by atoms with Gasteiger partial charge in [-0.2, -0.15) is 13.2 Å². The number of nitrogens with one attached hydrogen (secondary N) is 2. The zero-order chi connectivity index (χ0) is 19.9. The van der Waals surface area contributed by atoms with E-state index in [2.05, 4.69) is 20.6 Å². The molecule has 4 rings (SSSR count). The van der Waals surface area contributed by atoms with Crippen LogP contribution in [0.25, 0.3) is 10.6 Å². The van der Waals surface area contributed by atoms with Crippen LogP contribution in [-0.2, 0) is 19.3 Å². The van der Waals surface area contributed by atoms with Gasteiger partial charge in [0.15, 0.2) is 0 Å². The molecular formula is C18H14ClF3N4S2. The lowest BCUT2D eigenvalue weighted by Crippen LogP contribution is -2.11. The number of benzene rings is 1. The Morgan fingerprint density at radius 2 is 1.96 bits per heavy atom. The maximum Gasteiger partial charge on any atom is 0.420 e. The Hall–Kier alpha value is -1.81. The molecule has 28 heavy (non-hydrogen) atoms. The third kappa shape index (κ3) is 3.84. The van der Waals surface area contributed by atoms with E-state index in [4.69, 9.17) is 11.6 Å². The minimum atomic E-state index is -4.55. The summed E-state index contributed by atoms with van der Waals surface area (Å²) in [4.78, 5) is 9.36. The molecule has 3 aromatic rings. The van der Waals surface area contributed by atoms with E-state index in [0.29, 0.717) is 22.1 Å². The molecule has 2 aromatic heterocycles. The molecule has 0 bridgehead atoms. The number of thiophene rings is 1. The number of halogens is 4. The highest BCUT2D eigenvalue weighted by Crippen LogP contribution is 2.40. The Morgan fingerprint density at radius 3 is 2.64 bits per heavy atom. The van der Waals surface area contributed by atoms with Gasteiger partial charge in [-0.1, -0.05) is 11.6 Å². The topological polar surface area (TPSA) is 49.8 Å². The second-order valence-electron chi connectivity index (χ2n) is 6.13. The molecule has 0 saturated carbocycles. The molecule has 1 aromatic carbocycles. The van der Waals surface area contributed by atoms with Gasteiger partial charge in [-0.3, -0.25) is 0 Å². The molecule has 2 N–H and O–H groups in total. The lowest BCUT2D eigenvalue weighted by atomic mass is 10.1. The summed E-state index contributed by atoms with van der Waals surface area (Å²) < 4.78 is 40.4. The van der Waals surface area contributed by atoms with E-state index in [1.54, 1.807) is 11.4 Å². The molecule has 0 amide bonds. The first kappa shape index (κ1) is 19.5. The number of hydrogen-bond acceptors (Lipinski definition) is 6. The van der Waals surface area contributed by atoms with Crippen LogP contribution in [0.1, 0.15) is 16.7 Å². The van der Waals surface area contributed by atoms with Crippen molar-refractivity contribution in [3.05, 3.63) is 51.5 Å². The second-order valence-corrected chi connectivity index (χ2v) is 8.33. The molecule has 0 aliphatic carbocycles. The molecule has 0 spiro atoms. The lowest BCUT2D eigenvalue weighted by Gasteiger charge is -2.14. The maximum atomic E-state index is 13.5. The number of alkyl halides is 3. The maximum absolute atomic E-state index is 13.5. The number of aromatic nitrogens is 2. The van der Waals surface area contributed by atoms with Gasteiger partial charge in [0.1, 0.15) is 5.56 Å². The van der Waals surface area contributed by atoms with Crippen molar-refractivity contribution in [1.82, 2.24) is 15.3 Å². The summed E-state index contributed by atoms with van der Waals surface area (Å²) in [5.41, 5.74) is 1.74. The first-order valence-corrected chi connectivity index (χ1v) is 10.7. The number of anilines is 2. The van der Waals surface area contributed by atoms with Crippen molar-refractivity contribution in [2.45, 2.75) is 24.2 Å². The smallest absolute Gasteiger partial charge is 0.323 e. The van der Waals surface area contributed by atoms with Crippen molar-refractivity contribution in [3.63, 3.8) is 0 Å². The molecule has 0 unspecified atom stereocenters. The van der Waals surface area contributed by atoms with Crippen LogP contribution in [-0.4, -0.2) is 16.2 Å². The van der Waals surface area contributed by atoms with E-state index in [1.807, 2.05) is 18.4 Å². The number of thioether (sulfide) groups is 1. The van der Waals surface area contributed by atoms with E-state index in [0.717, 1.165) is 28.8 Å². The first-order chi connectivity index (χ1) is 13.3. The summed E-state index contributed by atoms with van der Waals surface area (Å²) in [6, 6.07) is 5.41. The average Bonchev–Trinajstić information content (AvgIpc) is 3.30. The molecule has 1 aliphatic rings. The second kappa shape index (κ2) is 7.55. The van der Waals surface area contributed by atoms with Crippen LogP contribution >= 0.6 is 34.7 Å². The third-order valence-corrected chi connectivity index (χ3v) is 6.41. The summed E-state index contributed by atoms with van der Waals surface area (Å²) >= 11 is 9.00. The van der Waals surface area contributed by atoms with Gasteiger partial charge in [-0.25, -0.2) is 9.97 Å². The van der Waals surface area contributed by atoms with Gasteiger partial charge in [0.25, 0.3) is 0 Å². The zero-order valence-corrected chi connectivity index (χ0v) is 16.9.